The molecule has 7 atom stereocenters. The molecular formula is C24H44N8W2-8. The van der Waals surface area contributed by atoms with Gasteiger partial charge in [0.1, 0.15) is 0 Å². The Labute approximate surface area is 237 Å². The summed E-state index contributed by atoms with van der Waals surface area (Å²) in [5.41, 5.74) is 29.8. The third-order valence-electron chi connectivity index (χ3n) is 5.58. The van der Waals surface area contributed by atoms with Crippen molar-refractivity contribution in [2.24, 2.45) is 0 Å². The third kappa shape index (κ3) is 19.6. The van der Waals surface area contributed by atoms with E-state index >= 15 is 0 Å². The van der Waals surface area contributed by atoms with Gasteiger partial charge in [0.2, 0.25) is 0 Å². The van der Waals surface area contributed by atoms with E-state index < -0.39 is 0 Å². The van der Waals surface area contributed by atoms with Gasteiger partial charge >= 0.3 is 0 Å². The zero-order valence-electron chi connectivity index (χ0n) is 21.2. The van der Waals surface area contributed by atoms with Crippen LogP contribution in [0.5, 0.6) is 0 Å². The molecule has 0 aromatic carbocycles. The molecule has 0 spiro atoms. The van der Waals surface area contributed by atoms with Crippen molar-refractivity contribution in [2.75, 3.05) is 0 Å². The van der Waals surface area contributed by atoms with Crippen molar-refractivity contribution in [3.8, 4) is 0 Å². The fourth-order valence-electron chi connectivity index (χ4n) is 3.79. The van der Waals surface area contributed by atoms with Crippen molar-refractivity contribution in [3.05, 3.63) is 68.1 Å². The molecule has 200 valence electrons. The van der Waals surface area contributed by atoms with Crippen LogP contribution in [-0.4, -0.2) is 42.8 Å². The van der Waals surface area contributed by atoms with Gasteiger partial charge in [0, 0.05) is 42.1 Å². The maximum Gasteiger partial charge on any atom is 0 e. The Kier molecular flexibility index (Phi) is 23.1. The van der Waals surface area contributed by atoms with Crippen molar-refractivity contribution in [2.45, 2.75) is 128 Å². The minimum atomic E-state index is -0.361. The molecule has 8 nitrogen and oxygen atoms in total. The molecule has 0 amide bonds. The summed E-state index contributed by atoms with van der Waals surface area (Å²) in [4.78, 5) is 0. The van der Waals surface area contributed by atoms with Crippen LogP contribution in [-0.2, 0) is 42.1 Å². The van der Waals surface area contributed by atoms with E-state index in [2.05, 4.69) is 42.0 Å². The Hall–Kier alpha value is 0.377. The van der Waals surface area contributed by atoms with E-state index in [4.69, 9.17) is 22.9 Å². The molecule has 4 aliphatic heterocycles. The standard InChI is InChI=1S/3C6H12N2.C6H8N2.2W/c4*1-5-3-2-4-6(7)8-5;;/h3*5-7H,2-4H2,1H3;2-4,6-7H,1H3;;/q4*-2;;. The van der Waals surface area contributed by atoms with Crippen molar-refractivity contribution < 1.29 is 42.1 Å². The van der Waals surface area contributed by atoms with E-state index in [0.717, 1.165) is 25.0 Å². The Morgan fingerprint density at radius 2 is 1.00 bits per heavy atom. The molecule has 4 heterocycles. The topological polar surface area (TPSA) is 152 Å². The van der Waals surface area contributed by atoms with Gasteiger partial charge in [-0.2, -0.15) is 5.70 Å². The molecule has 4 rings (SSSR count). The number of piperidine rings is 3. The first kappa shape index (κ1) is 36.5. The van der Waals surface area contributed by atoms with Crippen LogP contribution < -0.4 is 0 Å². The van der Waals surface area contributed by atoms with Crippen molar-refractivity contribution in [1.82, 2.24) is 0 Å². The van der Waals surface area contributed by atoms with Crippen molar-refractivity contribution >= 4 is 0 Å². The number of hydrogen-bond donors (Lipinski definition) is 0. The van der Waals surface area contributed by atoms with Gasteiger partial charge in [0.05, 0.1) is 0 Å². The molecule has 0 bridgehead atoms. The van der Waals surface area contributed by atoms with Crippen molar-refractivity contribution in [3.63, 3.8) is 0 Å². The summed E-state index contributed by atoms with van der Waals surface area (Å²) in [7, 11) is 0. The van der Waals surface area contributed by atoms with Crippen LogP contribution >= 0.6 is 0 Å². The minimum Gasteiger partial charge on any atom is -0.700 e. The molecule has 34 heavy (non-hydrogen) atoms. The smallest absolute Gasteiger partial charge is 0 e. The number of nitrogens with zero attached hydrogens (tertiary/aromatic N) is 4. The second kappa shape index (κ2) is 21.5. The third-order valence-corrected chi connectivity index (χ3v) is 5.58. The molecule has 7 unspecified atom stereocenters. The van der Waals surface area contributed by atoms with Gasteiger partial charge in [-0.15, -0.1) is 24.2 Å². The predicted molar refractivity (Wildman–Crippen MR) is 139 cm³/mol. The number of rotatable bonds is 0. The van der Waals surface area contributed by atoms with Crippen LogP contribution in [0.1, 0.15) is 85.5 Å². The zero-order chi connectivity index (χ0) is 23.9. The van der Waals surface area contributed by atoms with Crippen LogP contribution in [0.15, 0.2) is 23.9 Å². The summed E-state index contributed by atoms with van der Waals surface area (Å²) in [5, 5.41) is 16.4. The van der Waals surface area contributed by atoms with Gasteiger partial charge in [-0.25, -0.2) is 24.7 Å². The molecule has 3 saturated heterocycles. The number of hydrogen-bond acceptors (Lipinski definition) is 0. The molecule has 0 aromatic heterocycles. The summed E-state index contributed by atoms with van der Waals surface area (Å²) < 4.78 is 0. The van der Waals surface area contributed by atoms with E-state index in [1.165, 1.54) is 38.5 Å². The molecule has 3 fully saturated rings. The molecule has 4 N–H and O–H groups in total. The average molecular weight is 812 g/mol. The van der Waals surface area contributed by atoms with Gasteiger partial charge in [-0.3, -0.25) is 0 Å². The van der Waals surface area contributed by atoms with E-state index in [1.807, 2.05) is 19.1 Å². The Balaban J connectivity index is 0. The maximum atomic E-state index is 7.24. The van der Waals surface area contributed by atoms with E-state index in [9.17, 15) is 0 Å². The fourth-order valence-corrected chi connectivity index (χ4v) is 3.79. The Bertz CT molecular complexity index is 478. The first-order valence-electron chi connectivity index (χ1n) is 12.2. The molecule has 0 aromatic rings. The van der Waals surface area contributed by atoms with Gasteiger partial charge in [-0.05, 0) is 0 Å². The van der Waals surface area contributed by atoms with Crippen LogP contribution in [0, 0.1) is 0 Å². The summed E-state index contributed by atoms with van der Waals surface area (Å²) in [6.07, 6.45) is 14.9. The largest absolute Gasteiger partial charge is 0.700 e. The predicted octanol–water partition coefficient (Wildman–Crippen LogP) is 9.14. The quantitative estimate of drug-likeness (QED) is 0.229. The summed E-state index contributed by atoms with van der Waals surface area (Å²) >= 11 is 0. The van der Waals surface area contributed by atoms with E-state index in [0.29, 0.717) is 18.1 Å². The zero-order valence-corrected chi connectivity index (χ0v) is 27.1. The van der Waals surface area contributed by atoms with Crippen molar-refractivity contribution in [1.29, 1.82) is 0 Å². The fraction of sp³-hybridized carbons (Fsp3) is 0.833. The molecule has 0 aliphatic carbocycles. The number of allylic oxidation sites excluding steroid dienone is 3. The van der Waals surface area contributed by atoms with E-state index in [-0.39, 0.29) is 66.8 Å². The van der Waals surface area contributed by atoms with E-state index in [1.54, 1.807) is 6.08 Å². The normalized spacial score (nSPS) is 34.4. The Morgan fingerprint density at radius 3 is 1.18 bits per heavy atom. The summed E-state index contributed by atoms with van der Waals surface area (Å²) in [6.45, 7) is 8.15. The molecule has 0 saturated carbocycles. The monoisotopic (exact) mass is 812 g/mol. The van der Waals surface area contributed by atoms with Crippen LogP contribution in [0.4, 0.5) is 0 Å². The summed E-state index contributed by atoms with van der Waals surface area (Å²) in [5.74, 6) is 0. The van der Waals surface area contributed by atoms with Gasteiger partial charge in [0.15, 0.2) is 0 Å². The second-order valence-corrected chi connectivity index (χ2v) is 9.10. The SMILES string of the molecule is CC1=CC=CC([NH-])[N-]1.CC1CCCC([NH-])[N-]1.CC1CCCC([NH-])[N-]1.CC1CCCC([NH-])[N-]1.[W].[W]. The molecule has 4 aliphatic rings. The summed E-state index contributed by atoms with van der Waals surface area (Å²) in [6, 6.07) is 1.35. The molecule has 0 radical (unpaired) electrons. The van der Waals surface area contributed by atoms with Crippen LogP contribution in [0.3, 0.4) is 0 Å². The van der Waals surface area contributed by atoms with Crippen LogP contribution in [0.25, 0.3) is 44.2 Å². The second-order valence-electron chi connectivity index (χ2n) is 9.10. The first-order chi connectivity index (χ1) is 15.2. The Morgan fingerprint density at radius 1 is 0.647 bits per heavy atom. The maximum absolute atomic E-state index is 7.24. The molecule has 10 heteroatoms. The molecular weight excluding hydrogens is 768 g/mol. The number of nitrogens with one attached hydrogen (secondary N) is 4. The van der Waals surface area contributed by atoms with Crippen LogP contribution in [0.2, 0.25) is 0 Å². The average Bonchev–Trinajstić information content (AvgIpc) is 2.69. The minimum absolute atomic E-state index is 0. The first-order valence-corrected chi connectivity index (χ1v) is 12.2. The van der Waals surface area contributed by atoms with Gasteiger partial charge < -0.3 is 44.2 Å². The van der Waals surface area contributed by atoms with Gasteiger partial charge in [-0.1, -0.05) is 97.6 Å². The van der Waals surface area contributed by atoms with Gasteiger partial charge in [0.25, 0.3) is 0 Å².